The zero-order valence-corrected chi connectivity index (χ0v) is 12.5. The Morgan fingerprint density at radius 3 is 2.40 bits per heavy atom. The number of nitrogens with one attached hydrogen (secondary N) is 1. The topological polar surface area (TPSA) is 86.7 Å². The van der Waals surface area contributed by atoms with Crippen molar-refractivity contribution in [2.24, 2.45) is 0 Å². The number of sulfonamides is 1. The number of hydrogen-bond acceptors (Lipinski definition) is 4. The van der Waals surface area contributed by atoms with Crippen LogP contribution < -0.4 is 5.32 Å². The first-order valence-electron chi connectivity index (χ1n) is 6.27. The Morgan fingerprint density at radius 1 is 1.30 bits per heavy atom. The number of hydrogen-bond donors (Lipinski definition) is 2. The lowest BCUT2D eigenvalue weighted by Crippen LogP contribution is -2.30. The minimum atomic E-state index is -3.37. The summed E-state index contributed by atoms with van der Waals surface area (Å²) in [5.74, 6) is -1.15. The van der Waals surface area contributed by atoms with Gasteiger partial charge in [0.1, 0.15) is 0 Å². The molecule has 112 valence electrons. The van der Waals surface area contributed by atoms with Crippen LogP contribution in [0.1, 0.15) is 22.3 Å². The summed E-state index contributed by atoms with van der Waals surface area (Å²) in [5, 5.41) is 11.7. The minimum Gasteiger partial charge on any atom is -0.478 e. The van der Waals surface area contributed by atoms with E-state index in [1.54, 1.807) is 7.05 Å². The van der Waals surface area contributed by atoms with Crippen LogP contribution in [-0.2, 0) is 15.8 Å². The minimum absolute atomic E-state index is 0.122. The van der Waals surface area contributed by atoms with E-state index < -0.39 is 16.0 Å². The molecule has 0 heterocycles. The molecule has 0 saturated heterocycles. The Morgan fingerprint density at radius 2 is 1.90 bits per heavy atom. The monoisotopic (exact) mass is 300 g/mol. The summed E-state index contributed by atoms with van der Waals surface area (Å²) in [7, 11) is 0.00139. The van der Waals surface area contributed by atoms with Gasteiger partial charge in [0.05, 0.1) is 11.3 Å². The highest BCUT2D eigenvalue weighted by Gasteiger charge is 2.18. The van der Waals surface area contributed by atoms with Gasteiger partial charge in [-0.3, -0.25) is 0 Å². The standard InChI is InChI=1S/C13H20N2O4S/c1-14-8-3-9-15(2)20(18,19)10-11-4-6-12(7-5-11)13(16)17/h4-7,14H,3,8-10H2,1-2H3,(H,16,17). The molecule has 0 radical (unpaired) electrons. The maximum atomic E-state index is 12.1. The highest BCUT2D eigenvalue weighted by atomic mass is 32.2. The molecule has 0 amide bonds. The SMILES string of the molecule is CNCCCN(C)S(=O)(=O)Cc1ccc(C(=O)O)cc1. The number of carboxylic acid groups (broad SMARTS) is 1. The number of carboxylic acids is 1. The van der Waals surface area contributed by atoms with Crippen LogP contribution in [0.15, 0.2) is 24.3 Å². The normalized spacial score (nSPS) is 11.8. The lowest BCUT2D eigenvalue weighted by atomic mass is 10.1. The Hall–Kier alpha value is -1.44. The first-order valence-corrected chi connectivity index (χ1v) is 7.88. The summed E-state index contributed by atoms with van der Waals surface area (Å²) >= 11 is 0. The fourth-order valence-corrected chi connectivity index (χ4v) is 2.92. The van der Waals surface area contributed by atoms with Gasteiger partial charge in [-0.15, -0.1) is 0 Å². The molecule has 0 atom stereocenters. The largest absolute Gasteiger partial charge is 0.478 e. The van der Waals surface area contributed by atoms with Crippen LogP contribution in [0.4, 0.5) is 0 Å². The van der Waals surface area contributed by atoms with E-state index in [9.17, 15) is 13.2 Å². The summed E-state index contributed by atoms with van der Waals surface area (Å²) in [5.41, 5.74) is 0.726. The Balaban J connectivity index is 2.67. The molecule has 0 unspecified atom stereocenters. The predicted octanol–water partition coefficient (Wildman–Crippen LogP) is 0.756. The molecule has 0 bridgehead atoms. The van der Waals surface area contributed by atoms with Crippen LogP contribution in [0.25, 0.3) is 0 Å². The molecule has 7 heteroatoms. The molecule has 1 aromatic rings. The molecular formula is C13H20N2O4S. The van der Waals surface area contributed by atoms with E-state index in [1.165, 1.54) is 28.6 Å². The average Bonchev–Trinajstić information content (AvgIpc) is 2.39. The fraction of sp³-hybridized carbons (Fsp3) is 0.462. The van der Waals surface area contributed by atoms with E-state index in [2.05, 4.69) is 5.32 Å². The maximum Gasteiger partial charge on any atom is 0.335 e. The molecule has 0 aliphatic carbocycles. The Kier molecular flexibility index (Phi) is 6.12. The molecule has 6 nitrogen and oxygen atoms in total. The molecule has 20 heavy (non-hydrogen) atoms. The lowest BCUT2D eigenvalue weighted by molar-refractivity contribution is 0.0697. The van der Waals surface area contributed by atoms with E-state index >= 15 is 0 Å². The van der Waals surface area contributed by atoms with Crippen molar-refractivity contribution in [2.45, 2.75) is 12.2 Å². The van der Waals surface area contributed by atoms with Crippen LogP contribution in [0.2, 0.25) is 0 Å². The highest BCUT2D eigenvalue weighted by Crippen LogP contribution is 2.11. The zero-order valence-electron chi connectivity index (χ0n) is 11.7. The third kappa shape index (κ3) is 4.92. The zero-order chi connectivity index (χ0) is 15.2. The Bertz CT molecular complexity index is 540. The van der Waals surface area contributed by atoms with E-state index in [0.717, 1.165) is 13.0 Å². The summed E-state index contributed by atoms with van der Waals surface area (Å²) in [4.78, 5) is 10.7. The van der Waals surface area contributed by atoms with Crippen molar-refractivity contribution in [3.63, 3.8) is 0 Å². The lowest BCUT2D eigenvalue weighted by Gasteiger charge is -2.17. The van der Waals surface area contributed by atoms with Gasteiger partial charge < -0.3 is 10.4 Å². The highest BCUT2D eigenvalue weighted by molar-refractivity contribution is 7.88. The number of benzene rings is 1. The first kappa shape index (κ1) is 16.6. The van der Waals surface area contributed by atoms with Gasteiger partial charge >= 0.3 is 5.97 Å². The molecule has 1 aromatic carbocycles. The Labute approximate surface area is 119 Å². The van der Waals surface area contributed by atoms with E-state index in [4.69, 9.17) is 5.11 Å². The number of rotatable bonds is 8. The number of carbonyl (C=O) groups is 1. The second-order valence-electron chi connectivity index (χ2n) is 4.54. The third-order valence-corrected chi connectivity index (χ3v) is 4.76. The molecule has 0 aliphatic rings. The van der Waals surface area contributed by atoms with Crippen molar-refractivity contribution >= 4 is 16.0 Å². The maximum absolute atomic E-state index is 12.1. The van der Waals surface area contributed by atoms with Crippen molar-refractivity contribution in [3.05, 3.63) is 35.4 Å². The fourth-order valence-electron chi connectivity index (χ4n) is 1.68. The van der Waals surface area contributed by atoms with Gasteiger partial charge in [0.2, 0.25) is 10.0 Å². The molecule has 1 rings (SSSR count). The number of aromatic carboxylic acids is 1. The van der Waals surface area contributed by atoms with Gasteiger partial charge in [-0.25, -0.2) is 17.5 Å². The smallest absolute Gasteiger partial charge is 0.335 e. The van der Waals surface area contributed by atoms with Crippen molar-refractivity contribution in [3.8, 4) is 0 Å². The van der Waals surface area contributed by atoms with Gasteiger partial charge in [0.15, 0.2) is 0 Å². The summed E-state index contributed by atoms with van der Waals surface area (Å²) in [6, 6.07) is 5.88. The molecular weight excluding hydrogens is 280 g/mol. The van der Waals surface area contributed by atoms with Gasteiger partial charge in [-0.2, -0.15) is 0 Å². The van der Waals surface area contributed by atoms with Crippen LogP contribution >= 0.6 is 0 Å². The molecule has 0 spiro atoms. The van der Waals surface area contributed by atoms with Gasteiger partial charge in [-0.05, 0) is 37.7 Å². The molecule has 2 N–H and O–H groups in total. The van der Waals surface area contributed by atoms with Crippen LogP contribution in [0.5, 0.6) is 0 Å². The number of nitrogens with zero attached hydrogens (tertiary/aromatic N) is 1. The summed E-state index contributed by atoms with van der Waals surface area (Å²) in [6.07, 6.45) is 0.740. The van der Waals surface area contributed by atoms with Crippen LogP contribution in [-0.4, -0.2) is 51.0 Å². The van der Waals surface area contributed by atoms with Crippen molar-refractivity contribution < 1.29 is 18.3 Å². The van der Waals surface area contributed by atoms with Crippen LogP contribution in [0, 0.1) is 0 Å². The second kappa shape index (κ2) is 7.37. The van der Waals surface area contributed by atoms with E-state index in [0.29, 0.717) is 12.1 Å². The van der Waals surface area contributed by atoms with Crippen molar-refractivity contribution in [1.82, 2.24) is 9.62 Å². The van der Waals surface area contributed by atoms with Crippen molar-refractivity contribution in [1.29, 1.82) is 0 Å². The quantitative estimate of drug-likeness (QED) is 0.692. The van der Waals surface area contributed by atoms with E-state index in [1.807, 2.05) is 7.05 Å². The predicted molar refractivity (Wildman–Crippen MR) is 77.2 cm³/mol. The van der Waals surface area contributed by atoms with E-state index in [-0.39, 0.29) is 11.3 Å². The molecule has 0 aliphatic heterocycles. The van der Waals surface area contributed by atoms with Crippen molar-refractivity contribution in [2.75, 3.05) is 27.2 Å². The second-order valence-corrected chi connectivity index (χ2v) is 6.61. The third-order valence-electron chi connectivity index (χ3n) is 2.92. The molecule has 0 aromatic heterocycles. The summed E-state index contributed by atoms with van der Waals surface area (Å²) < 4.78 is 25.5. The molecule has 0 fully saturated rings. The van der Waals surface area contributed by atoms with Gasteiger partial charge in [-0.1, -0.05) is 12.1 Å². The summed E-state index contributed by atoms with van der Waals surface area (Å²) in [6.45, 7) is 1.21. The van der Waals surface area contributed by atoms with Crippen LogP contribution in [0.3, 0.4) is 0 Å². The average molecular weight is 300 g/mol. The molecule has 0 saturated carbocycles. The van der Waals surface area contributed by atoms with Gasteiger partial charge in [0, 0.05) is 13.6 Å². The first-order chi connectivity index (χ1) is 9.36. The van der Waals surface area contributed by atoms with Gasteiger partial charge in [0.25, 0.3) is 0 Å².